The fraction of sp³-hybridized carbons (Fsp3) is 0.308. The first kappa shape index (κ1) is 13.8. The SMILES string of the molecule is N#Cc1cccc(NC(=O)NC2COCC2C(=O)O)c1. The number of carboxylic acid groups (broad SMARTS) is 1. The Kier molecular flexibility index (Phi) is 4.17. The summed E-state index contributed by atoms with van der Waals surface area (Å²) in [5, 5.41) is 22.8. The molecule has 2 atom stereocenters. The number of nitriles is 1. The Balaban J connectivity index is 1.95. The molecule has 3 N–H and O–H groups in total. The molecule has 2 rings (SSSR count). The summed E-state index contributed by atoms with van der Waals surface area (Å²) < 4.78 is 5.05. The fourth-order valence-corrected chi connectivity index (χ4v) is 1.94. The van der Waals surface area contributed by atoms with Gasteiger partial charge in [-0.15, -0.1) is 0 Å². The first-order valence-corrected chi connectivity index (χ1v) is 5.98. The van der Waals surface area contributed by atoms with E-state index in [2.05, 4.69) is 10.6 Å². The Labute approximate surface area is 115 Å². The van der Waals surface area contributed by atoms with E-state index in [0.717, 1.165) is 0 Å². The molecule has 0 aromatic heterocycles. The van der Waals surface area contributed by atoms with Gasteiger partial charge in [-0.25, -0.2) is 4.79 Å². The van der Waals surface area contributed by atoms with E-state index >= 15 is 0 Å². The van der Waals surface area contributed by atoms with Crippen molar-refractivity contribution in [2.24, 2.45) is 5.92 Å². The zero-order valence-electron chi connectivity index (χ0n) is 10.5. The Hall–Kier alpha value is -2.59. The second-order valence-corrected chi connectivity index (χ2v) is 4.38. The third-order valence-electron chi connectivity index (χ3n) is 2.96. The number of benzene rings is 1. The number of anilines is 1. The molecule has 7 heteroatoms. The standard InChI is InChI=1S/C13H13N3O4/c14-5-8-2-1-3-9(4-8)15-13(19)16-11-7-20-6-10(11)12(17)18/h1-4,10-11H,6-7H2,(H,17,18)(H2,15,16,19). The summed E-state index contributed by atoms with van der Waals surface area (Å²) in [5.74, 6) is -1.74. The van der Waals surface area contributed by atoms with E-state index in [-0.39, 0.29) is 13.2 Å². The maximum atomic E-state index is 11.8. The highest BCUT2D eigenvalue weighted by atomic mass is 16.5. The van der Waals surface area contributed by atoms with Crippen LogP contribution in [0.15, 0.2) is 24.3 Å². The lowest BCUT2D eigenvalue weighted by Gasteiger charge is -2.16. The second-order valence-electron chi connectivity index (χ2n) is 4.38. The first-order valence-electron chi connectivity index (χ1n) is 5.98. The van der Waals surface area contributed by atoms with Gasteiger partial charge in [0, 0.05) is 5.69 Å². The molecule has 0 bridgehead atoms. The number of urea groups is 1. The number of hydrogen-bond donors (Lipinski definition) is 3. The number of rotatable bonds is 3. The topological polar surface area (TPSA) is 111 Å². The Bertz CT molecular complexity index is 567. The largest absolute Gasteiger partial charge is 0.481 e. The van der Waals surface area contributed by atoms with E-state index in [4.69, 9.17) is 15.1 Å². The van der Waals surface area contributed by atoms with E-state index in [1.807, 2.05) is 6.07 Å². The quantitative estimate of drug-likeness (QED) is 0.754. The third kappa shape index (κ3) is 3.24. The van der Waals surface area contributed by atoms with Gasteiger partial charge >= 0.3 is 12.0 Å². The predicted molar refractivity (Wildman–Crippen MR) is 69.0 cm³/mol. The zero-order valence-corrected chi connectivity index (χ0v) is 10.5. The highest BCUT2D eigenvalue weighted by Crippen LogP contribution is 2.14. The monoisotopic (exact) mass is 275 g/mol. The Morgan fingerprint density at radius 3 is 2.90 bits per heavy atom. The van der Waals surface area contributed by atoms with Gasteiger partial charge in [0.1, 0.15) is 5.92 Å². The van der Waals surface area contributed by atoms with Gasteiger partial charge in [-0.3, -0.25) is 4.79 Å². The maximum absolute atomic E-state index is 11.8. The summed E-state index contributed by atoms with van der Waals surface area (Å²) >= 11 is 0. The molecule has 1 aromatic rings. The molecule has 0 spiro atoms. The molecule has 1 aliphatic rings. The molecule has 1 aliphatic heterocycles. The van der Waals surface area contributed by atoms with Crippen molar-refractivity contribution in [1.82, 2.24) is 5.32 Å². The summed E-state index contributed by atoms with van der Waals surface area (Å²) in [7, 11) is 0. The predicted octanol–water partition coefficient (Wildman–Crippen LogP) is 0.779. The number of ether oxygens (including phenoxy) is 1. The van der Waals surface area contributed by atoms with Crippen molar-refractivity contribution in [3.8, 4) is 6.07 Å². The summed E-state index contributed by atoms with van der Waals surface area (Å²) in [6.45, 7) is 0.257. The van der Waals surface area contributed by atoms with Gasteiger partial charge < -0.3 is 20.5 Å². The minimum absolute atomic E-state index is 0.0875. The lowest BCUT2D eigenvalue weighted by molar-refractivity contribution is -0.142. The highest BCUT2D eigenvalue weighted by Gasteiger charge is 2.35. The number of carbonyl (C=O) groups is 2. The molecule has 20 heavy (non-hydrogen) atoms. The van der Waals surface area contributed by atoms with Crippen LogP contribution < -0.4 is 10.6 Å². The molecule has 2 unspecified atom stereocenters. The zero-order chi connectivity index (χ0) is 14.5. The van der Waals surface area contributed by atoms with Crippen molar-refractivity contribution in [2.75, 3.05) is 18.5 Å². The molecule has 1 saturated heterocycles. The van der Waals surface area contributed by atoms with E-state index in [1.165, 1.54) is 6.07 Å². The molecule has 0 saturated carbocycles. The fourth-order valence-electron chi connectivity index (χ4n) is 1.94. The summed E-state index contributed by atoms with van der Waals surface area (Å²) in [5.41, 5.74) is 0.891. The molecular weight excluding hydrogens is 262 g/mol. The lowest BCUT2D eigenvalue weighted by atomic mass is 10.0. The van der Waals surface area contributed by atoms with Crippen LogP contribution in [0.1, 0.15) is 5.56 Å². The average Bonchev–Trinajstić information content (AvgIpc) is 2.87. The van der Waals surface area contributed by atoms with Crippen LogP contribution in [0, 0.1) is 17.2 Å². The normalized spacial score (nSPS) is 20.9. The Morgan fingerprint density at radius 2 is 2.20 bits per heavy atom. The smallest absolute Gasteiger partial charge is 0.319 e. The van der Waals surface area contributed by atoms with Crippen LogP contribution in [-0.2, 0) is 9.53 Å². The van der Waals surface area contributed by atoms with Gasteiger partial charge in [-0.05, 0) is 18.2 Å². The molecule has 0 aliphatic carbocycles. The molecule has 1 aromatic carbocycles. The lowest BCUT2D eigenvalue weighted by Crippen LogP contribution is -2.44. The van der Waals surface area contributed by atoms with Crippen LogP contribution in [0.2, 0.25) is 0 Å². The van der Waals surface area contributed by atoms with Gasteiger partial charge in [-0.2, -0.15) is 5.26 Å². The number of carbonyl (C=O) groups excluding carboxylic acids is 1. The number of aliphatic carboxylic acids is 1. The van der Waals surface area contributed by atoms with Crippen LogP contribution in [0.3, 0.4) is 0 Å². The summed E-state index contributed by atoms with van der Waals surface area (Å²) in [6, 6.07) is 7.31. The number of amides is 2. The molecular formula is C13H13N3O4. The van der Waals surface area contributed by atoms with E-state index in [1.54, 1.807) is 18.2 Å². The van der Waals surface area contributed by atoms with Crippen LogP contribution in [0.5, 0.6) is 0 Å². The van der Waals surface area contributed by atoms with Gasteiger partial charge in [0.25, 0.3) is 0 Å². The first-order chi connectivity index (χ1) is 9.60. The van der Waals surface area contributed by atoms with Crippen molar-refractivity contribution in [1.29, 1.82) is 5.26 Å². The maximum Gasteiger partial charge on any atom is 0.319 e. The van der Waals surface area contributed by atoms with Crippen LogP contribution in [-0.4, -0.2) is 36.4 Å². The van der Waals surface area contributed by atoms with Crippen molar-refractivity contribution < 1.29 is 19.4 Å². The van der Waals surface area contributed by atoms with Crippen LogP contribution >= 0.6 is 0 Å². The van der Waals surface area contributed by atoms with Gasteiger partial charge in [0.2, 0.25) is 0 Å². The third-order valence-corrected chi connectivity index (χ3v) is 2.96. The van der Waals surface area contributed by atoms with Gasteiger partial charge in [-0.1, -0.05) is 6.07 Å². The van der Waals surface area contributed by atoms with Crippen molar-refractivity contribution in [3.63, 3.8) is 0 Å². The number of carboxylic acids is 1. The molecule has 2 amide bonds. The highest BCUT2D eigenvalue weighted by molar-refractivity contribution is 5.90. The van der Waals surface area contributed by atoms with Crippen LogP contribution in [0.25, 0.3) is 0 Å². The van der Waals surface area contributed by atoms with E-state index < -0.39 is 24.0 Å². The number of nitrogens with zero attached hydrogens (tertiary/aromatic N) is 1. The van der Waals surface area contributed by atoms with E-state index in [0.29, 0.717) is 11.3 Å². The molecule has 1 heterocycles. The minimum Gasteiger partial charge on any atom is -0.481 e. The van der Waals surface area contributed by atoms with Crippen molar-refractivity contribution in [2.45, 2.75) is 6.04 Å². The van der Waals surface area contributed by atoms with Crippen molar-refractivity contribution in [3.05, 3.63) is 29.8 Å². The summed E-state index contributed by atoms with van der Waals surface area (Å²) in [4.78, 5) is 22.7. The molecule has 0 radical (unpaired) electrons. The number of nitrogens with one attached hydrogen (secondary N) is 2. The number of hydrogen-bond acceptors (Lipinski definition) is 4. The molecule has 1 fully saturated rings. The molecule has 7 nitrogen and oxygen atoms in total. The second kappa shape index (κ2) is 6.04. The van der Waals surface area contributed by atoms with Gasteiger partial charge in [0.15, 0.2) is 0 Å². The van der Waals surface area contributed by atoms with E-state index in [9.17, 15) is 9.59 Å². The van der Waals surface area contributed by atoms with Gasteiger partial charge in [0.05, 0.1) is 30.9 Å². The summed E-state index contributed by atoms with van der Waals surface area (Å²) in [6.07, 6.45) is 0. The van der Waals surface area contributed by atoms with Crippen molar-refractivity contribution >= 4 is 17.7 Å². The minimum atomic E-state index is -1.00. The molecule has 104 valence electrons. The van der Waals surface area contributed by atoms with Crippen LogP contribution in [0.4, 0.5) is 10.5 Å². The average molecular weight is 275 g/mol. The Morgan fingerprint density at radius 1 is 1.40 bits per heavy atom.